The molecule has 1 amide bonds. The Morgan fingerprint density at radius 3 is 2.38 bits per heavy atom. The average molecular weight is 538 g/mol. The van der Waals surface area contributed by atoms with Gasteiger partial charge in [0, 0.05) is 81.1 Å². The van der Waals surface area contributed by atoms with Crippen LogP contribution in [0.5, 0.6) is 0 Å². The number of aromatic nitrogens is 2. The minimum absolute atomic E-state index is 0.264. The first-order valence-corrected chi connectivity index (χ1v) is 14.8. The maximum Gasteiger partial charge on any atom is 0.225 e. The van der Waals surface area contributed by atoms with Crippen LogP contribution in [0.1, 0.15) is 50.8 Å². The maximum atomic E-state index is 12.8. The lowest BCUT2D eigenvalue weighted by molar-refractivity contribution is -0.135. The first-order chi connectivity index (χ1) is 19.5. The molecule has 0 radical (unpaired) electrons. The molecule has 2 aromatic heterocycles. The van der Waals surface area contributed by atoms with Gasteiger partial charge in [-0.1, -0.05) is 12.8 Å². The number of piperazine rings is 2. The Hall–Kier alpha value is -3.70. The molecule has 1 aliphatic carbocycles. The van der Waals surface area contributed by atoms with Gasteiger partial charge in [0.25, 0.3) is 0 Å². The van der Waals surface area contributed by atoms with Crippen LogP contribution in [-0.4, -0.2) is 77.0 Å². The second-order valence-electron chi connectivity index (χ2n) is 11.7. The number of rotatable bonds is 5. The number of benzene rings is 1. The van der Waals surface area contributed by atoms with Gasteiger partial charge in [0.1, 0.15) is 6.07 Å². The number of hydrogen-bond donors (Lipinski definition) is 0. The molecule has 2 atom stereocenters. The molecular formula is C32H39N7O. The van der Waals surface area contributed by atoms with Gasteiger partial charge < -0.3 is 14.7 Å². The molecule has 1 saturated carbocycles. The highest BCUT2D eigenvalue weighted by Gasteiger charge is 2.32. The molecule has 4 heterocycles. The molecule has 1 aromatic carbocycles. The summed E-state index contributed by atoms with van der Waals surface area (Å²) in [5, 5.41) is 10.6. The van der Waals surface area contributed by atoms with Crippen molar-refractivity contribution < 1.29 is 4.79 Å². The van der Waals surface area contributed by atoms with E-state index in [1.807, 2.05) is 18.3 Å². The summed E-state index contributed by atoms with van der Waals surface area (Å²) in [5.41, 5.74) is 4.76. The van der Waals surface area contributed by atoms with Crippen molar-refractivity contribution >= 4 is 28.2 Å². The van der Waals surface area contributed by atoms with Crippen molar-refractivity contribution in [1.82, 2.24) is 19.8 Å². The number of pyridine rings is 2. The molecule has 6 rings (SSSR count). The fourth-order valence-electron chi connectivity index (χ4n) is 6.89. The van der Waals surface area contributed by atoms with Crippen LogP contribution in [0.15, 0.2) is 48.8 Å². The van der Waals surface area contributed by atoms with Gasteiger partial charge in [-0.25, -0.2) is 0 Å². The van der Waals surface area contributed by atoms with Gasteiger partial charge in [-0.2, -0.15) is 5.26 Å². The van der Waals surface area contributed by atoms with E-state index in [-0.39, 0.29) is 5.92 Å². The largest absolute Gasteiger partial charge is 0.368 e. The zero-order chi connectivity index (χ0) is 27.6. The predicted molar refractivity (Wildman–Crippen MR) is 158 cm³/mol. The van der Waals surface area contributed by atoms with Crippen LogP contribution in [-0.2, 0) is 11.3 Å². The fraction of sp³-hybridized carbons (Fsp3) is 0.500. The van der Waals surface area contributed by atoms with Crippen molar-refractivity contribution in [1.29, 1.82) is 5.26 Å². The molecule has 0 bridgehead atoms. The molecule has 208 valence electrons. The van der Waals surface area contributed by atoms with Crippen LogP contribution in [0.25, 0.3) is 10.9 Å². The summed E-state index contributed by atoms with van der Waals surface area (Å²) in [4.78, 5) is 31.5. The van der Waals surface area contributed by atoms with Crippen LogP contribution in [0.4, 0.5) is 11.4 Å². The third kappa shape index (κ3) is 5.23. The molecule has 3 aliphatic rings. The summed E-state index contributed by atoms with van der Waals surface area (Å²) in [7, 11) is 0. The number of carbonyl (C=O) groups excluding carboxylic acids is 1. The second-order valence-corrected chi connectivity index (χ2v) is 11.7. The van der Waals surface area contributed by atoms with Gasteiger partial charge in [-0.3, -0.25) is 19.7 Å². The monoisotopic (exact) mass is 537 g/mol. The van der Waals surface area contributed by atoms with Gasteiger partial charge in [-0.15, -0.1) is 0 Å². The zero-order valence-electron chi connectivity index (χ0n) is 23.7. The molecule has 3 aromatic rings. The Bertz CT molecular complexity index is 1370. The topological polar surface area (TPSA) is 79.6 Å². The number of nitrogens with zero attached hydrogens (tertiary/aromatic N) is 7. The van der Waals surface area contributed by atoms with Gasteiger partial charge >= 0.3 is 0 Å². The second kappa shape index (κ2) is 11.4. The predicted octanol–water partition coefficient (Wildman–Crippen LogP) is 4.44. The summed E-state index contributed by atoms with van der Waals surface area (Å²) >= 11 is 0. The van der Waals surface area contributed by atoms with Crippen molar-refractivity contribution in [3.05, 3.63) is 60.0 Å². The molecular weight excluding hydrogens is 498 g/mol. The normalized spacial score (nSPS) is 22.6. The van der Waals surface area contributed by atoms with E-state index < -0.39 is 0 Å². The van der Waals surface area contributed by atoms with Crippen LogP contribution >= 0.6 is 0 Å². The highest BCUT2D eigenvalue weighted by Crippen LogP contribution is 2.32. The minimum Gasteiger partial charge on any atom is -0.368 e. The van der Waals surface area contributed by atoms with Crippen molar-refractivity contribution in [2.75, 3.05) is 49.1 Å². The molecule has 8 heteroatoms. The van der Waals surface area contributed by atoms with E-state index in [9.17, 15) is 10.1 Å². The van der Waals surface area contributed by atoms with Crippen molar-refractivity contribution in [3.8, 4) is 6.07 Å². The SMILES string of the molecule is C[C@@H]1CN(c2ccc(C#N)c3ncccc23)C[C@H](C)N1Cc1ccc(N2CCN(C(=O)C3CCCC3)CC2)cn1. The van der Waals surface area contributed by atoms with E-state index in [1.165, 1.54) is 12.8 Å². The van der Waals surface area contributed by atoms with Crippen LogP contribution in [0.3, 0.4) is 0 Å². The highest BCUT2D eigenvalue weighted by atomic mass is 16.2. The van der Waals surface area contributed by atoms with Gasteiger partial charge in [0.2, 0.25) is 5.91 Å². The number of hydrogen-bond acceptors (Lipinski definition) is 7. The molecule has 8 nitrogen and oxygen atoms in total. The Kier molecular flexibility index (Phi) is 7.57. The smallest absolute Gasteiger partial charge is 0.225 e. The first kappa shape index (κ1) is 26.5. The molecule has 0 spiro atoms. The number of anilines is 2. The third-order valence-corrected chi connectivity index (χ3v) is 9.12. The molecule has 3 fully saturated rings. The number of carbonyl (C=O) groups is 1. The van der Waals surface area contributed by atoms with Gasteiger partial charge in [0.05, 0.1) is 28.7 Å². The van der Waals surface area contributed by atoms with E-state index in [0.29, 0.717) is 23.6 Å². The van der Waals surface area contributed by atoms with E-state index in [1.54, 1.807) is 6.20 Å². The summed E-state index contributed by atoms with van der Waals surface area (Å²) in [6.45, 7) is 10.5. The highest BCUT2D eigenvalue weighted by molar-refractivity contribution is 5.95. The summed E-state index contributed by atoms with van der Waals surface area (Å²) in [6.07, 6.45) is 8.31. The Morgan fingerprint density at radius 2 is 1.70 bits per heavy atom. The van der Waals surface area contributed by atoms with Crippen LogP contribution in [0.2, 0.25) is 0 Å². The molecule has 0 unspecified atom stereocenters. The molecule has 0 N–H and O–H groups in total. The number of amides is 1. The Labute approximate surface area is 237 Å². The van der Waals surface area contributed by atoms with E-state index in [2.05, 4.69) is 68.8 Å². The van der Waals surface area contributed by atoms with E-state index in [4.69, 9.17) is 4.98 Å². The summed E-state index contributed by atoms with van der Waals surface area (Å²) < 4.78 is 0. The lowest BCUT2D eigenvalue weighted by Gasteiger charge is -2.45. The Balaban J connectivity index is 1.07. The Morgan fingerprint density at radius 1 is 0.950 bits per heavy atom. The number of nitriles is 1. The lowest BCUT2D eigenvalue weighted by atomic mass is 10.0. The van der Waals surface area contributed by atoms with Gasteiger partial charge in [-0.05, 0) is 63.1 Å². The van der Waals surface area contributed by atoms with Crippen LogP contribution < -0.4 is 9.80 Å². The third-order valence-electron chi connectivity index (χ3n) is 9.12. The van der Waals surface area contributed by atoms with Crippen molar-refractivity contribution in [3.63, 3.8) is 0 Å². The quantitative estimate of drug-likeness (QED) is 0.476. The van der Waals surface area contributed by atoms with Crippen molar-refractivity contribution in [2.24, 2.45) is 5.92 Å². The van der Waals surface area contributed by atoms with Crippen LogP contribution in [0, 0.1) is 17.2 Å². The summed E-state index contributed by atoms with van der Waals surface area (Å²) in [6, 6.07) is 15.3. The first-order valence-electron chi connectivity index (χ1n) is 14.8. The summed E-state index contributed by atoms with van der Waals surface area (Å²) in [5.74, 6) is 0.637. The van der Waals surface area contributed by atoms with E-state index >= 15 is 0 Å². The van der Waals surface area contributed by atoms with Crippen molar-refractivity contribution in [2.45, 2.75) is 58.2 Å². The lowest BCUT2D eigenvalue weighted by Crippen LogP contribution is -2.56. The standard InChI is InChI=1S/C32H39N7O/c1-23-20-38(30-12-9-26(18-33)31-29(30)8-5-13-34-31)21-24(2)39(23)22-27-10-11-28(19-35-27)36-14-16-37(17-15-36)32(40)25-6-3-4-7-25/h5,8-13,19,23-25H,3-4,6-7,14-17,20-22H2,1-2H3/t23-,24+. The van der Waals surface area contributed by atoms with Gasteiger partial charge in [0.15, 0.2) is 0 Å². The zero-order valence-corrected chi connectivity index (χ0v) is 23.7. The van der Waals surface area contributed by atoms with E-state index in [0.717, 1.165) is 86.6 Å². The maximum absolute atomic E-state index is 12.8. The fourth-order valence-corrected chi connectivity index (χ4v) is 6.89. The average Bonchev–Trinajstić information content (AvgIpc) is 3.54. The number of fused-ring (bicyclic) bond motifs is 1. The molecule has 2 aliphatic heterocycles. The minimum atomic E-state index is 0.264. The molecule has 2 saturated heterocycles. The molecule has 40 heavy (non-hydrogen) atoms.